The minimum absolute atomic E-state index is 0.149. The van der Waals surface area contributed by atoms with Gasteiger partial charge in [-0.3, -0.25) is 4.79 Å². The minimum atomic E-state index is -4.31. The average molecular weight is 289 g/mol. The Kier molecular flexibility index (Phi) is 5.42. The van der Waals surface area contributed by atoms with Gasteiger partial charge < -0.3 is 10.0 Å². The van der Waals surface area contributed by atoms with Crippen LogP contribution in [0.2, 0.25) is 0 Å². The lowest BCUT2D eigenvalue weighted by molar-refractivity contribution is -0.149. The second kappa shape index (κ2) is 6.63. The van der Waals surface area contributed by atoms with Crippen LogP contribution in [0, 0.1) is 0 Å². The molecule has 0 saturated heterocycles. The summed E-state index contributed by atoms with van der Waals surface area (Å²) in [5.74, 6) is -0.371. The largest absolute Gasteiger partial charge is 0.508 e. The van der Waals surface area contributed by atoms with E-state index in [1.165, 1.54) is 24.1 Å². The number of benzene rings is 1. The highest BCUT2D eigenvalue weighted by Crippen LogP contribution is 2.22. The molecule has 20 heavy (non-hydrogen) atoms. The Morgan fingerprint density at radius 2 is 1.85 bits per heavy atom. The summed E-state index contributed by atoms with van der Waals surface area (Å²) in [6, 6.07) is 6.31. The zero-order valence-corrected chi connectivity index (χ0v) is 11.4. The van der Waals surface area contributed by atoms with Gasteiger partial charge in [0.05, 0.1) is 6.42 Å². The van der Waals surface area contributed by atoms with Gasteiger partial charge in [0.2, 0.25) is 5.91 Å². The van der Waals surface area contributed by atoms with E-state index in [9.17, 15) is 18.0 Å². The van der Waals surface area contributed by atoms with Crippen LogP contribution < -0.4 is 0 Å². The fourth-order valence-electron chi connectivity index (χ4n) is 1.78. The summed E-state index contributed by atoms with van der Waals surface area (Å²) in [4.78, 5) is 13.0. The molecule has 0 aliphatic rings. The number of nitrogens with zero attached hydrogens (tertiary/aromatic N) is 1. The fraction of sp³-hybridized carbons (Fsp3) is 0.500. The molecule has 0 radical (unpaired) electrons. The first-order valence-electron chi connectivity index (χ1n) is 6.29. The molecule has 0 fully saturated rings. The van der Waals surface area contributed by atoms with E-state index in [1.807, 2.05) is 0 Å². The summed E-state index contributed by atoms with van der Waals surface area (Å²) >= 11 is 0. The van der Waals surface area contributed by atoms with Gasteiger partial charge in [-0.1, -0.05) is 12.1 Å². The first-order valence-corrected chi connectivity index (χ1v) is 6.29. The van der Waals surface area contributed by atoms with Crippen molar-refractivity contribution in [3.05, 3.63) is 29.8 Å². The van der Waals surface area contributed by atoms with Crippen LogP contribution in [0.3, 0.4) is 0 Å². The van der Waals surface area contributed by atoms with Crippen molar-refractivity contribution >= 4 is 5.91 Å². The zero-order chi connectivity index (χ0) is 15.3. The number of carbonyl (C=O) groups excluding carboxylic acids is 1. The Hall–Kier alpha value is -1.72. The van der Waals surface area contributed by atoms with E-state index in [0.717, 1.165) is 5.56 Å². The number of alkyl halides is 3. The van der Waals surface area contributed by atoms with Gasteiger partial charge in [0.25, 0.3) is 0 Å². The van der Waals surface area contributed by atoms with Gasteiger partial charge in [-0.25, -0.2) is 0 Å². The SMILES string of the molecule is CC(Cc1ccc(O)cc1)N(C)C(=O)CCC(F)(F)F. The van der Waals surface area contributed by atoms with Gasteiger partial charge in [-0.15, -0.1) is 0 Å². The molecule has 1 amide bonds. The molecule has 0 saturated carbocycles. The Bertz CT molecular complexity index is 443. The molecule has 0 bridgehead atoms. The van der Waals surface area contributed by atoms with Crippen LogP contribution in [0.1, 0.15) is 25.3 Å². The second-order valence-corrected chi connectivity index (χ2v) is 4.84. The molecule has 3 nitrogen and oxygen atoms in total. The molecule has 0 aliphatic carbocycles. The molecule has 112 valence electrons. The predicted molar refractivity (Wildman–Crippen MR) is 69.3 cm³/mol. The van der Waals surface area contributed by atoms with Crippen LogP contribution in [-0.2, 0) is 11.2 Å². The van der Waals surface area contributed by atoms with Crippen molar-refractivity contribution in [1.82, 2.24) is 4.90 Å². The van der Waals surface area contributed by atoms with Crippen LogP contribution in [-0.4, -0.2) is 35.2 Å². The lowest BCUT2D eigenvalue weighted by Crippen LogP contribution is -2.36. The quantitative estimate of drug-likeness (QED) is 0.904. The van der Waals surface area contributed by atoms with E-state index in [0.29, 0.717) is 6.42 Å². The van der Waals surface area contributed by atoms with Gasteiger partial charge in [-0.2, -0.15) is 13.2 Å². The van der Waals surface area contributed by atoms with Crippen molar-refractivity contribution in [3.8, 4) is 5.75 Å². The van der Waals surface area contributed by atoms with Crippen LogP contribution in [0.25, 0.3) is 0 Å². The van der Waals surface area contributed by atoms with E-state index in [4.69, 9.17) is 5.11 Å². The van der Waals surface area contributed by atoms with Crippen molar-refractivity contribution in [3.63, 3.8) is 0 Å². The number of likely N-dealkylation sites (N-methyl/N-ethyl adjacent to an activating group) is 1. The Morgan fingerprint density at radius 3 is 2.35 bits per heavy atom. The standard InChI is InChI=1S/C14H18F3NO2/c1-10(9-11-3-5-12(19)6-4-11)18(2)13(20)7-8-14(15,16)17/h3-6,10,19H,7-9H2,1-2H3. The highest BCUT2D eigenvalue weighted by molar-refractivity contribution is 5.76. The van der Waals surface area contributed by atoms with Crippen LogP contribution in [0.4, 0.5) is 13.2 Å². The molecule has 1 aromatic rings. The third kappa shape index (κ3) is 5.50. The lowest BCUT2D eigenvalue weighted by atomic mass is 10.1. The smallest absolute Gasteiger partial charge is 0.389 e. The normalized spacial score (nSPS) is 13.1. The van der Waals surface area contributed by atoms with E-state index >= 15 is 0 Å². The number of halogens is 3. The van der Waals surface area contributed by atoms with Gasteiger partial charge in [-0.05, 0) is 31.0 Å². The summed E-state index contributed by atoms with van der Waals surface area (Å²) in [5, 5.41) is 9.16. The highest BCUT2D eigenvalue weighted by Gasteiger charge is 2.29. The monoisotopic (exact) mass is 289 g/mol. The number of phenols is 1. The Labute approximate surface area is 116 Å². The highest BCUT2D eigenvalue weighted by atomic mass is 19.4. The van der Waals surface area contributed by atoms with Crippen LogP contribution in [0.5, 0.6) is 5.75 Å². The number of aromatic hydroxyl groups is 1. The molecule has 1 aromatic carbocycles. The van der Waals surface area contributed by atoms with Gasteiger partial charge in [0.1, 0.15) is 5.75 Å². The van der Waals surface area contributed by atoms with Crippen LogP contribution >= 0.6 is 0 Å². The summed E-state index contributed by atoms with van der Waals surface area (Å²) in [5.41, 5.74) is 0.908. The molecular weight excluding hydrogens is 271 g/mol. The van der Waals surface area contributed by atoms with Gasteiger partial charge >= 0.3 is 6.18 Å². The third-order valence-electron chi connectivity index (χ3n) is 3.14. The zero-order valence-electron chi connectivity index (χ0n) is 11.4. The average Bonchev–Trinajstić information content (AvgIpc) is 2.36. The maximum Gasteiger partial charge on any atom is 0.389 e. The Morgan fingerprint density at radius 1 is 1.30 bits per heavy atom. The molecule has 0 aromatic heterocycles. The second-order valence-electron chi connectivity index (χ2n) is 4.84. The number of phenolic OH excluding ortho intramolecular Hbond substituents is 1. The van der Waals surface area contributed by atoms with Gasteiger partial charge in [0, 0.05) is 19.5 Å². The van der Waals surface area contributed by atoms with Gasteiger partial charge in [0.15, 0.2) is 0 Å². The van der Waals surface area contributed by atoms with Crippen molar-refractivity contribution in [2.45, 2.75) is 38.4 Å². The molecule has 0 spiro atoms. The van der Waals surface area contributed by atoms with Crippen molar-refractivity contribution in [2.75, 3.05) is 7.05 Å². The molecular formula is C14H18F3NO2. The molecule has 1 rings (SSSR count). The predicted octanol–water partition coefficient (Wildman–Crippen LogP) is 3.12. The summed E-state index contributed by atoms with van der Waals surface area (Å²) in [7, 11) is 1.50. The molecule has 6 heteroatoms. The fourth-order valence-corrected chi connectivity index (χ4v) is 1.78. The van der Waals surface area contributed by atoms with E-state index < -0.39 is 24.9 Å². The van der Waals surface area contributed by atoms with Crippen LogP contribution in [0.15, 0.2) is 24.3 Å². The number of carbonyl (C=O) groups is 1. The van der Waals surface area contributed by atoms with E-state index in [2.05, 4.69) is 0 Å². The number of amides is 1. The van der Waals surface area contributed by atoms with E-state index in [-0.39, 0.29) is 11.8 Å². The molecule has 1 atom stereocenters. The summed E-state index contributed by atoms with van der Waals surface area (Å²) in [6.45, 7) is 1.78. The lowest BCUT2D eigenvalue weighted by Gasteiger charge is -2.25. The van der Waals surface area contributed by atoms with Crippen molar-refractivity contribution in [2.24, 2.45) is 0 Å². The molecule has 1 N–H and O–H groups in total. The van der Waals surface area contributed by atoms with Crippen molar-refractivity contribution in [1.29, 1.82) is 0 Å². The maximum absolute atomic E-state index is 12.1. The van der Waals surface area contributed by atoms with E-state index in [1.54, 1.807) is 19.1 Å². The first-order chi connectivity index (χ1) is 9.19. The Balaban J connectivity index is 2.51. The summed E-state index contributed by atoms with van der Waals surface area (Å²) in [6.07, 6.45) is -5.41. The number of hydrogen-bond donors (Lipinski definition) is 1. The maximum atomic E-state index is 12.1. The first kappa shape index (κ1) is 16.3. The summed E-state index contributed by atoms with van der Waals surface area (Å²) < 4.78 is 36.2. The molecule has 0 aliphatic heterocycles. The topological polar surface area (TPSA) is 40.5 Å². The molecule has 1 unspecified atom stereocenters. The third-order valence-corrected chi connectivity index (χ3v) is 3.14. The minimum Gasteiger partial charge on any atom is -0.508 e. The number of hydrogen-bond acceptors (Lipinski definition) is 2. The number of rotatable bonds is 5. The van der Waals surface area contributed by atoms with Crippen molar-refractivity contribution < 1.29 is 23.1 Å². The molecule has 0 heterocycles.